The molecule has 9 nitrogen and oxygen atoms in total. The molecule has 12 heteroatoms. The predicted molar refractivity (Wildman–Crippen MR) is 134 cm³/mol. The second kappa shape index (κ2) is 9.92. The molecule has 1 aliphatic rings. The molecule has 0 radical (unpaired) electrons. The van der Waals surface area contributed by atoms with E-state index in [-0.39, 0.29) is 28.2 Å². The zero-order valence-electron chi connectivity index (χ0n) is 21.0. The molecule has 0 saturated heterocycles. The van der Waals surface area contributed by atoms with Gasteiger partial charge in [-0.3, -0.25) is 14.9 Å². The van der Waals surface area contributed by atoms with Gasteiger partial charge in [0.15, 0.2) is 16.5 Å². The van der Waals surface area contributed by atoms with Crippen LogP contribution in [0, 0.1) is 11.6 Å². The molecule has 0 spiro atoms. The number of aromatic hydroxyl groups is 1. The quantitative estimate of drug-likeness (QED) is 0.417. The Hall–Kier alpha value is -3.22. The maximum atomic E-state index is 14.0. The lowest BCUT2D eigenvalue weighted by Crippen LogP contribution is -2.61. The minimum Gasteiger partial charge on any atom is -0.503 e. The van der Waals surface area contributed by atoms with E-state index >= 15 is 0 Å². The smallest absolute Gasteiger partial charge is 0.275 e. The third-order valence-electron chi connectivity index (χ3n) is 7.18. The molecule has 0 aliphatic heterocycles. The number of rotatable bonds is 6. The van der Waals surface area contributed by atoms with Gasteiger partial charge in [-0.25, -0.2) is 8.78 Å². The predicted octanol–water partition coefficient (Wildman–Crippen LogP) is 2.79. The molecule has 3 aromatic rings. The molecule has 1 aromatic carbocycles. The van der Waals surface area contributed by atoms with Crippen molar-refractivity contribution in [2.24, 2.45) is 7.05 Å². The van der Waals surface area contributed by atoms with Crippen LogP contribution in [0.25, 0.3) is 10.6 Å². The molecule has 2 aromatic heterocycles. The summed E-state index contributed by atoms with van der Waals surface area (Å²) in [4.78, 5) is 28.1. The Labute approximate surface area is 216 Å². The van der Waals surface area contributed by atoms with Crippen LogP contribution < -0.4 is 10.7 Å². The fourth-order valence-electron chi connectivity index (χ4n) is 4.69. The molecule has 37 heavy (non-hydrogen) atoms. The monoisotopic (exact) mass is 533 g/mol. The number of aryl methyl sites for hydroxylation is 1. The van der Waals surface area contributed by atoms with Crippen LogP contribution in [-0.4, -0.2) is 61.1 Å². The normalized spacial score (nSPS) is 21.7. The molecule has 0 unspecified atom stereocenters. The van der Waals surface area contributed by atoms with Gasteiger partial charge in [0.05, 0.1) is 16.8 Å². The Bertz CT molecular complexity index is 1390. The number of hydrogen-bond donors (Lipinski definition) is 3. The number of pyridine rings is 1. The third-order valence-corrected chi connectivity index (χ3v) is 8.14. The number of nitrogens with one attached hydrogen (secondary N) is 1. The number of hydrogen-bond acceptors (Lipinski definition) is 8. The van der Waals surface area contributed by atoms with E-state index in [1.54, 1.807) is 21.0 Å². The summed E-state index contributed by atoms with van der Waals surface area (Å²) >= 11 is 1.04. The minimum atomic E-state index is -0.816. The van der Waals surface area contributed by atoms with Gasteiger partial charge in [-0.2, -0.15) is 0 Å². The first kappa shape index (κ1) is 26.8. The summed E-state index contributed by atoms with van der Waals surface area (Å²) in [6, 6.07) is 3.25. The van der Waals surface area contributed by atoms with Gasteiger partial charge in [-0.15, -0.1) is 10.2 Å². The molecule has 1 amide bonds. The largest absolute Gasteiger partial charge is 0.503 e. The van der Waals surface area contributed by atoms with Crippen molar-refractivity contribution in [3.63, 3.8) is 0 Å². The Balaban J connectivity index is 1.62. The summed E-state index contributed by atoms with van der Waals surface area (Å²) < 4.78 is 28.6. The van der Waals surface area contributed by atoms with Crippen molar-refractivity contribution < 1.29 is 23.8 Å². The summed E-state index contributed by atoms with van der Waals surface area (Å²) in [5.74, 6) is -2.66. The molecule has 2 heterocycles. The Morgan fingerprint density at radius 2 is 1.92 bits per heavy atom. The van der Waals surface area contributed by atoms with Crippen LogP contribution in [0.5, 0.6) is 5.75 Å². The number of halogens is 2. The van der Waals surface area contributed by atoms with Gasteiger partial charge in [0.1, 0.15) is 16.6 Å². The summed E-state index contributed by atoms with van der Waals surface area (Å²) in [6.07, 6.45) is 3.41. The molecule has 1 aliphatic carbocycles. The van der Waals surface area contributed by atoms with E-state index in [9.17, 15) is 28.6 Å². The average Bonchev–Trinajstić information content (AvgIpc) is 3.31. The van der Waals surface area contributed by atoms with Crippen molar-refractivity contribution in [1.29, 1.82) is 0 Å². The van der Waals surface area contributed by atoms with Crippen molar-refractivity contribution in [3.8, 4) is 16.3 Å². The molecule has 3 N–H and O–H groups in total. The van der Waals surface area contributed by atoms with Crippen LogP contribution in [-0.2, 0) is 13.5 Å². The van der Waals surface area contributed by atoms with Gasteiger partial charge < -0.3 is 19.7 Å². The van der Waals surface area contributed by atoms with Crippen molar-refractivity contribution >= 4 is 17.2 Å². The first-order valence-electron chi connectivity index (χ1n) is 11.8. The topological polar surface area (TPSA) is 121 Å². The van der Waals surface area contributed by atoms with Crippen molar-refractivity contribution in [3.05, 3.63) is 62.5 Å². The van der Waals surface area contributed by atoms with E-state index in [1.165, 1.54) is 28.8 Å². The fourth-order valence-corrected chi connectivity index (χ4v) is 5.56. The number of benzene rings is 1. The lowest BCUT2D eigenvalue weighted by atomic mass is 9.78. The average molecular weight is 534 g/mol. The minimum absolute atomic E-state index is 0.0413. The highest BCUT2D eigenvalue weighted by molar-refractivity contribution is 7.14. The Kier molecular flexibility index (Phi) is 7.19. The lowest BCUT2D eigenvalue weighted by Gasteiger charge is -2.48. The van der Waals surface area contributed by atoms with E-state index in [1.807, 2.05) is 0 Å². The summed E-state index contributed by atoms with van der Waals surface area (Å²) in [5.41, 5.74) is -2.25. The molecule has 4 rings (SSSR count). The molecular formula is C25H29F2N5O4S. The lowest BCUT2D eigenvalue weighted by molar-refractivity contribution is -0.0413. The van der Waals surface area contributed by atoms with Crippen LogP contribution >= 0.6 is 11.3 Å². The van der Waals surface area contributed by atoms with Crippen molar-refractivity contribution in [2.75, 3.05) is 14.1 Å². The van der Waals surface area contributed by atoms with Crippen molar-refractivity contribution in [1.82, 2.24) is 25.0 Å². The molecule has 0 atom stereocenters. The highest BCUT2D eigenvalue weighted by Gasteiger charge is 2.44. The van der Waals surface area contributed by atoms with E-state index < -0.39 is 40.0 Å². The highest BCUT2D eigenvalue weighted by atomic mass is 32.1. The Morgan fingerprint density at radius 3 is 2.54 bits per heavy atom. The summed E-state index contributed by atoms with van der Waals surface area (Å²) in [7, 11) is 4.87. The molecule has 1 fully saturated rings. The number of nitrogens with zero attached hydrogens (tertiary/aromatic N) is 4. The number of carbonyl (C=O) groups excluding carboxylic acids is 1. The van der Waals surface area contributed by atoms with Gasteiger partial charge in [0.2, 0.25) is 5.43 Å². The van der Waals surface area contributed by atoms with Gasteiger partial charge >= 0.3 is 0 Å². The van der Waals surface area contributed by atoms with E-state index in [4.69, 9.17) is 0 Å². The zero-order chi connectivity index (χ0) is 27.1. The fraction of sp³-hybridized carbons (Fsp3) is 0.440. The van der Waals surface area contributed by atoms with E-state index in [0.29, 0.717) is 30.7 Å². The highest BCUT2D eigenvalue weighted by Crippen LogP contribution is 2.37. The molecule has 198 valence electrons. The first-order chi connectivity index (χ1) is 17.4. The van der Waals surface area contributed by atoms with Gasteiger partial charge in [-0.05, 0) is 51.3 Å². The van der Waals surface area contributed by atoms with Crippen molar-refractivity contribution in [2.45, 2.75) is 50.3 Å². The third kappa shape index (κ3) is 5.13. The van der Waals surface area contributed by atoms with Crippen LogP contribution in [0.15, 0.2) is 29.2 Å². The van der Waals surface area contributed by atoms with Crippen LogP contribution in [0.3, 0.4) is 0 Å². The Morgan fingerprint density at radius 1 is 1.24 bits per heavy atom. The van der Waals surface area contributed by atoms with Crippen LogP contribution in [0.4, 0.5) is 8.78 Å². The van der Waals surface area contributed by atoms with Gasteiger partial charge in [-0.1, -0.05) is 17.4 Å². The maximum absolute atomic E-state index is 14.0. The van der Waals surface area contributed by atoms with E-state index in [0.717, 1.165) is 23.5 Å². The van der Waals surface area contributed by atoms with Gasteiger partial charge in [0.25, 0.3) is 5.91 Å². The standard InChI is InChI=1S/C25H29F2N5O4S/c1-24(36)7-9-25(28-2,10-8-24)32(4)23(35)19-21(34)20(33)16(13-31(19)3)22-30-29-18(37-22)11-14-5-6-15(26)12-17(14)27/h5-6,12-13,28,34,36H,7-11H2,1-4H3. The summed E-state index contributed by atoms with van der Waals surface area (Å²) in [6.45, 7) is 1.76. The number of amides is 1. The van der Waals surface area contributed by atoms with Gasteiger partial charge in [0, 0.05) is 32.8 Å². The second-order valence-electron chi connectivity index (χ2n) is 9.74. The second-order valence-corrected chi connectivity index (χ2v) is 10.8. The van der Waals surface area contributed by atoms with Crippen LogP contribution in [0.1, 0.15) is 53.7 Å². The molecular weight excluding hydrogens is 504 g/mol. The number of aromatic nitrogens is 3. The summed E-state index contributed by atoms with van der Waals surface area (Å²) in [5, 5.41) is 33.0. The SMILES string of the molecule is CNC1(N(C)C(=O)c2c(O)c(=O)c(-c3nnc(Cc4ccc(F)cc4F)s3)cn2C)CCC(C)(O)CC1. The molecule has 1 saturated carbocycles. The van der Waals surface area contributed by atoms with Crippen LogP contribution in [0.2, 0.25) is 0 Å². The maximum Gasteiger partial charge on any atom is 0.275 e. The number of aliphatic hydroxyl groups is 1. The first-order valence-corrected chi connectivity index (χ1v) is 12.6. The zero-order valence-corrected chi connectivity index (χ0v) is 21.8. The van der Waals surface area contributed by atoms with E-state index in [2.05, 4.69) is 15.5 Å². The number of carbonyl (C=O) groups is 1. The molecule has 0 bridgehead atoms.